The molecule has 0 aliphatic heterocycles. The molecule has 4 nitrogen and oxygen atoms in total. The minimum absolute atomic E-state index is 0.256. The van der Waals surface area contributed by atoms with E-state index >= 15 is 0 Å². The first-order valence-corrected chi connectivity index (χ1v) is 6.36. The predicted octanol–water partition coefficient (Wildman–Crippen LogP) is 3.34. The maximum absolute atomic E-state index is 11.0. The van der Waals surface area contributed by atoms with Gasteiger partial charge in [-0.05, 0) is 44.2 Å². The lowest BCUT2D eigenvalue weighted by Crippen LogP contribution is -1.98. The van der Waals surface area contributed by atoms with Crippen molar-refractivity contribution in [3.8, 4) is 5.69 Å². The summed E-state index contributed by atoms with van der Waals surface area (Å²) in [6.45, 7) is 3.96. The van der Waals surface area contributed by atoms with E-state index in [-0.39, 0.29) is 5.56 Å². The summed E-state index contributed by atoms with van der Waals surface area (Å²) in [6.07, 6.45) is 0. The number of benzene rings is 2. The van der Waals surface area contributed by atoms with Gasteiger partial charge in [-0.2, -0.15) is 0 Å². The Hall–Kier alpha value is -2.62. The van der Waals surface area contributed by atoms with Gasteiger partial charge in [0.1, 0.15) is 5.82 Å². The Morgan fingerprint density at radius 3 is 2.45 bits per heavy atom. The van der Waals surface area contributed by atoms with Gasteiger partial charge >= 0.3 is 5.97 Å². The Bertz CT molecular complexity index is 801. The quantitative estimate of drug-likeness (QED) is 0.774. The molecular weight excluding hydrogens is 252 g/mol. The van der Waals surface area contributed by atoms with Crippen LogP contribution in [0.25, 0.3) is 16.7 Å². The molecule has 1 heterocycles. The molecule has 1 N–H and O–H groups in total. The molecule has 4 heteroatoms. The molecule has 0 aliphatic carbocycles. The van der Waals surface area contributed by atoms with Crippen LogP contribution in [0.5, 0.6) is 0 Å². The highest BCUT2D eigenvalue weighted by molar-refractivity contribution is 5.92. The average Bonchev–Trinajstić information content (AvgIpc) is 2.74. The van der Waals surface area contributed by atoms with Crippen molar-refractivity contribution < 1.29 is 9.90 Å². The molecule has 0 amide bonds. The molecule has 1 aromatic heterocycles. The molecule has 0 atom stereocenters. The summed E-state index contributed by atoms with van der Waals surface area (Å²) in [6, 6.07) is 13.2. The Morgan fingerprint density at radius 2 is 1.80 bits per heavy atom. The van der Waals surface area contributed by atoms with E-state index in [0.29, 0.717) is 5.52 Å². The van der Waals surface area contributed by atoms with Gasteiger partial charge in [-0.3, -0.25) is 4.57 Å². The van der Waals surface area contributed by atoms with Gasteiger partial charge < -0.3 is 5.11 Å². The molecule has 2 aromatic carbocycles. The maximum atomic E-state index is 11.0. The van der Waals surface area contributed by atoms with Crippen molar-refractivity contribution in [1.82, 2.24) is 9.55 Å². The van der Waals surface area contributed by atoms with E-state index in [1.807, 2.05) is 42.7 Å². The van der Waals surface area contributed by atoms with E-state index in [0.717, 1.165) is 17.0 Å². The van der Waals surface area contributed by atoms with Crippen molar-refractivity contribution >= 4 is 17.0 Å². The molecule has 3 rings (SSSR count). The van der Waals surface area contributed by atoms with Gasteiger partial charge in [0.15, 0.2) is 0 Å². The predicted molar refractivity (Wildman–Crippen MR) is 77.5 cm³/mol. The van der Waals surface area contributed by atoms with Crippen LogP contribution in [0.2, 0.25) is 0 Å². The van der Waals surface area contributed by atoms with Gasteiger partial charge in [0.05, 0.1) is 16.6 Å². The number of aryl methyl sites for hydroxylation is 2. The molecule has 20 heavy (non-hydrogen) atoms. The average molecular weight is 266 g/mol. The van der Waals surface area contributed by atoms with Gasteiger partial charge in [-0.15, -0.1) is 0 Å². The fraction of sp³-hybridized carbons (Fsp3) is 0.125. The number of hydrogen-bond donors (Lipinski definition) is 1. The van der Waals surface area contributed by atoms with Gasteiger partial charge in [0.2, 0.25) is 0 Å². The largest absolute Gasteiger partial charge is 0.478 e. The SMILES string of the molecule is Cc1ccc(-n2c(C)nc3cc(C(=O)O)ccc32)cc1. The summed E-state index contributed by atoms with van der Waals surface area (Å²) in [4.78, 5) is 15.5. The number of aromatic nitrogens is 2. The zero-order valence-electron chi connectivity index (χ0n) is 11.3. The third-order valence-electron chi connectivity index (χ3n) is 3.36. The second kappa shape index (κ2) is 4.49. The lowest BCUT2D eigenvalue weighted by atomic mass is 10.2. The maximum Gasteiger partial charge on any atom is 0.335 e. The molecule has 0 fully saturated rings. The number of nitrogens with zero attached hydrogens (tertiary/aromatic N) is 2. The van der Waals surface area contributed by atoms with Crippen LogP contribution in [0.15, 0.2) is 42.5 Å². The third-order valence-corrected chi connectivity index (χ3v) is 3.36. The molecule has 0 spiro atoms. The molecule has 0 bridgehead atoms. The van der Waals surface area contributed by atoms with Crippen LogP contribution in [-0.2, 0) is 0 Å². The normalized spacial score (nSPS) is 10.9. The summed E-state index contributed by atoms with van der Waals surface area (Å²) in [5, 5.41) is 9.03. The zero-order chi connectivity index (χ0) is 14.3. The van der Waals surface area contributed by atoms with Crippen molar-refractivity contribution in [3.05, 3.63) is 59.4 Å². The number of imidazole rings is 1. The fourth-order valence-electron chi connectivity index (χ4n) is 2.35. The number of rotatable bonds is 2. The summed E-state index contributed by atoms with van der Waals surface area (Å²) in [7, 11) is 0. The number of carboxylic acid groups (broad SMARTS) is 1. The Kier molecular flexibility index (Phi) is 2.79. The smallest absolute Gasteiger partial charge is 0.335 e. The van der Waals surface area contributed by atoms with Crippen LogP contribution in [0.1, 0.15) is 21.7 Å². The van der Waals surface area contributed by atoms with E-state index < -0.39 is 5.97 Å². The van der Waals surface area contributed by atoms with Crippen LogP contribution < -0.4 is 0 Å². The van der Waals surface area contributed by atoms with Crippen LogP contribution in [0, 0.1) is 13.8 Å². The van der Waals surface area contributed by atoms with Crippen molar-refractivity contribution in [3.63, 3.8) is 0 Å². The fourth-order valence-corrected chi connectivity index (χ4v) is 2.35. The topological polar surface area (TPSA) is 55.1 Å². The highest BCUT2D eigenvalue weighted by Gasteiger charge is 2.11. The third kappa shape index (κ3) is 1.95. The first-order chi connectivity index (χ1) is 9.56. The summed E-state index contributed by atoms with van der Waals surface area (Å²) >= 11 is 0. The Labute approximate surface area is 116 Å². The Morgan fingerprint density at radius 1 is 1.10 bits per heavy atom. The molecule has 3 aromatic rings. The molecular formula is C16H14N2O2. The summed E-state index contributed by atoms with van der Waals surface area (Å²) < 4.78 is 2.03. The molecule has 0 saturated heterocycles. The first kappa shape index (κ1) is 12.4. The van der Waals surface area contributed by atoms with Gasteiger partial charge in [-0.25, -0.2) is 9.78 Å². The van der Waals surface area contributed by atoms with Crippen molar-refractivity contribution in [2.24, 2.45) is 0 Å². The van der Waals surface area contributed by atoms with Crippen LogP contribution >= 0.6 is 0 Å². The molecule has 0 saturated carbocycles. The summed E-state index contributed by atoms with van der Waals surface area (Å²) in [5.41, 5.74) is 4.09. The zero-order valence-corrected chi connectivity index (χ0v) is 11.3. The van der Waals surface area contributed by atoms with Crippen LogP contribution in [0.3, 0.4) is 0 Å². The second-order valence-corrected chi connectivity index (χ2v) is 4.84. The number of hydrogen-bond acceptors (Lipinski definition) is 2. The van der Waals surface area contributed by atoms with Gasteiger partial charge in [0, 0.05) is 5.69 Å². The van der Waals surface area contributed by atoms with E-state index in [9.17, 15) is 4.79 Å². The lowest BCUT2D eigenvalue weighted by molar-refractivity contribution is 0.0697. The molecule has 100 valence electrons. The monoisotopic (exact) mass is 266 g/mol. The minimum Gasteiger partial charge on any atom is -0.478 e. The second-order valence-electron chi connectivity index (χ2n) is 4.84. The van der Waals surface area contributed by atoms with E-state index in [2.05, 4.69) is 4.98 Å². The Balaban J connectivity index is 2.23. The number of fused-ring (bicyclic) bond motifs is 1. The highest BCUT2D eigenvalue weighted by Crippen LogP contribution is 2.22. The van der Waals surface area contributed by atoms with Gasteiger partial charge in [0.25, 0.3) is 0 Å². The number of carbonyl (C=O) groups is 1. The highest BCUT2D eigenvalue weighted by atomic mass is 16.4. The minimum atomic E-state index is -0.936. The number of carboxylic acids is 1. The van der Waals surface area contributed by atoms with Crippen LogP contribution in [-0.4, -0.2) is 20.6 Å². The van der Waals surface area contributed by atoms with Gasteiger partial charge in [-0.1, -0.05) is 17.7 Å². The number of aromatic carboxylic acids is 1. The van der Waals surface area contributed by atoms with Crippen LogP contribution in [0.4, 0.5) is 0 Å². The van der Waals surface area contributed by atoms with E-state index in [1.165, 1.54) is 5.56 Å². The molecule has 0 aliphatic rings. The van der Waals surface area contributed by atoms with Crippen molar-refractivity contribution in [1.29, 1.82) is 0 Å². The van der Waals surface area contributed by atoms with Crippen molar-refractivity contribution in [2.75, 3.05) is 0 Å². The molecule has 0 radical (unpaired) electrons. The first-order valence-electron chi connectivity index (χ1n) is 6.36. The van der Waals surface area contributed by atoms with E-state index in [1.54, 1.807) is 18.2 Å². The van der Waals surface area contributed by atoms with E-state index in [4.69, 9.17) is 5.11 Å². The lowest BCUT2D eigenvalue weighted by Gasteiger charge is -2.07. The molecule has 0 unspecified atom stereocenters. The van der Waals surface area contributed by atoms with Crippen molar-refractivity contribution in [2.45, 2.75) is 13.8 Å². The summed E-state index contributed by atoms with van der Waals surface area (Å²) in [5.74, 6) is -0.0965. The standard InChI is InChI=1S/C16H14N2O2/c1-10-3-6-13(7-4-10)18-11(2)17-14-9-12(16(19)20)5-8-15(14)18/h3-9H,1-2H3,(H,19,20).